The van der Waals surface area contributed by atoms with Crippen LogP contribution in [-0.4, -0.2) is 167 Å². The minimum Gasteiger partial charge on any atom is -0.508 e. The third-order valence-electron chi connectivity index (χ3n) is 10.5. The molecule has 11 N–H and O–H groups in total. The van der Waals surface area contributed by atoms with Crippen LogP contribution in [0.25, 0.3) is 22.3 Å². The smallest absolute Gasteiger partial charge is 0.309 e. The molecule has 21 heteroatoms. The van der Waals surface area contributed by atoms with Crippen molar-refractivity contribution >= 4 is 16.9 Å². The summed E-state index contributed by atoms with van der Waals surface area (Å²) in [6.45, 7) is 3.11. The van der Waals surface area contributed by atoms with Crippen LogP contribution in [0, 0.1) is 5.92 Å². The van der Waals surface area contributed by atoms with Gasteiger partial charge in [-0.25, -0.2) is 0 Å². The Hall–Kier alpha value is -4.20. The molecule has 59 heavy (non-hydrogen) atoms. The molecule has 16 atom stereocenters. The number of esters is 1. The molecule has 0 unspecified atom stereocenters. The maximum atomic E-state index is 14.1. The Bertz CT molecular complexity index is 1970. The number of carbonyl (C=O) groups is 1. The van der Waals surface area contributed by atoms with Crippen molar-refractivity contribution in [2.24, 2.45) is 5.92 Å². The van der Waals surface area contributed by atoms with E-state index in [2.05, 4.69) is 0 Å². The van der Waals surface area contributed by atoms with Gasteiger partial charge in [0.05, 0.1) is 25.2 Å². The van der Waals surface area contributed by atoms with Gasteiger partial charge in [0.2, 0.25) is 23.8 Å². The van der Waals surface area contributed by atoms with Crippen LogP contribution in [0.4, 0.5) is 0 Å². The Kier molecular flexibility index (Phi) is 13.7. The quantitative estimate of drug-likeness (QED) is 0.0853. The van der Waals surface area contributed by atoms with Gasteiger partial charge in [-0.2, -0.15) is 0 Å². The van der Waals surface area contributed by atoms with Crippen LogP contribution >= 0.6 is 0 Å². The van der Waals surface area contributed by atoms with Crippen LogP contribution in [0.5, 0.6) is 23.0 Å². The fourth-order valence-electron chi connectivity index (χ4n) is 6.76. The summed E-state index contributed by atoms with van der Waals surface area (Å²) in [6.07, 6.45) is -24.8. The Balaban J connectivity index is 1.39. The number of aromatic hydroxyl groups is 2. The molecule has 4 heterocycles. The summed E-state index contributed by atoms with van der Waals surface area (Å²) in [6, 6.07) is 7.32. The third-order valence-corrected chi connectivity index (χ3v) is 10.5. The predicted molar refractivity (Wildman–Crippen MR) is 195 cm³/mol. The van der Waals surface area contributed by atoms with Gasteiger partial charge in [-0.15, -0.1) is 0 Å². The van der Waals surface area contributed by atoms with E-state index in [1.165, 1.54) is 31.2 Å². The molecule has 0 radical (unpaired) electrons. The molecule has 0 spiro atoms. The fourth-order valence-corrected chi connectivity index (χ4v) is 6.76. The number of aliphatic hydroxyl groups is 9. The zero-order chi connectivity index (χ0) is 43.0. The molecule has 326 valence electrons. The molecule has 0 saturated carbocycles. The lowest BCUT2D eigenvalue weighted by molar-refractivity contribution is -0.351. The minimum atomic E-state index is -1.94. The highest BCUT2D eigenvalue weighted by Crippen LogP contribution is 2.39. The highest BCUT2D eigenvalue weighted by Gasteiger charge is 2.53. The molecule has 2 aromatic carbocycles. The van der Waals surface area contributed by atoms with E-state index in [4.69, 9.17) is 37.6 Å². The summed E-state index contributed by atoms with van der Waals surface area (Å²) in [5.41, 5.74) is -1.24. The lowest BCUT2D eigenvalue weighted by Gasteiger charge is -2.46. The first-order valence-corrected chi connectivity index (χ1v) is 18.8. The maximum absolute atomic E-state index is 14.1. The number of phenols is 2. The van der Waals surface area contributed by atoms with Crippen molar-refractivity contribution in [1.29, 1.82) is 0 Å². The van der Waals surface area contributed by atoms with Gasteiger partial charge in [0.15, 0.2) is 18.2 Å². The van der Waals surface area contributed by atoms with Crippen molar-refractivity contribution in [3.8, 4) is 34.3 Å². The summed E-state index contributed by atoms with van der Waals surface area (Å²) in [5.74, 6) is -3.63. The molecule has 21 nitrogen and oxygen atoms in total. The van der Waals surface area contributed by atoms with Crippen LogP contribution in [0.1, 0.15) is 27.2 Å². The van der Waals surface area contributed by atoms with E-state index < -0.39 is 140 Å². The summed E-state index contributed by atoms with van der Waals surface area (Å²) >= 11 is 0. The highest BCUT2D eigenvalue weighted by molar-refractivity contribution is 5.88. The molecule has 0 aliphatic carbocycles. The summed E-state index contributed by atoms with van der Waals surface area (Å²) in [7, 11) is 0. The number of carbonyl (C=O) groups excluding carboxylic acids is 1. The van der Waals surface area contributed by atoms with Gasteiger partial charge in [0, 0.05) is 17.7 Å². The maximum Gasteiger partial charge on any atom is 0.309 e. The molecule has 3 aliphatic heterocycles. The van der Waals surface area contributed by atoms with Crippen molar-refractivity contribution in [2.75, 3.05) is 13.2 Å². The first-order chi connectivity index (χ1) is 28.0. The molecule has 0 bridgehead atoms. The van der Waals surface area contributed by atoms with Gasteiger partial charge in [-0.3, -0.25) is 9.59 Å². The largest absolute Gasteiger partial charge is 0.508 e. The lowest BCUT2D eigenvalue weighted by Crippen LogP contribution is -2.65. The monoisotopic (exact) mass is 840 g/mol. The van der Waals surface area contributed by atoms with Gasteiger partial charge in [0.25, 0.3) is 0 Å². The van der Waals surface area contributed by atoms with Crippen molar-refractivity contribution in [3.63, 3.8) is 0 Å². The van der Waals surface area contributed by atoms with E-state index in [0.717, 1.165) is 12.1 Å². The van der Waals surface area contributed by atoms with Gasteiger partial charge in [-0.05, 0) is 37.6 Å². The second-order valence-electron chi connectivity index (χ2n) is 14.6. The standard InChI is InChI=1S/C38H48O21/c1-4-13(2)35(51)57-34-32(58-36-29(49)27(47)24(44)20(11-39)55-36)23(43)14(3)52-38(34)53-17-9-18(42)22-19(10-17)54-31(15-5-7-16(41)8-6-15)33(26(22)46)59-37-30(50)28(48)25(45)21(12-40)56-37/h5-10,13-14,20-21,23-25,27-30,32,34,36-45,47-50H,4,11-12H2,1-3H3/t13-,14+,20-,21-,23+,24-,25-,27+,28+,29-,30-,32-,34-,36+,37+,38+/m1/s1. The van der Waals surface area contributed by atoms with E-state index in [1.807, 2.05) is 0 Å². The molecule has 3 aromatic rings. The number of ether oxygens (including phenoxy) is 7. The SMILES string of the molecule is CC[C@@H](C)C(=O)O[C@H]1[C@H](Oc2cc(O)c3c(=O)c(O[C@@H]4O[C@H](CO)[C@@H](O)[C@H](O)[C@H]4O)c(-c4ccc(O)cc4)oc3c2)O[C@@H](C)[C@H](O)[C@H]1O[C@@H]1O[C@H](CO)[C@@H](O)[C@H](O)[C@H]1O. The van der Waals surface area contributed by atoms with Crippen molar-refractivity contribution in [3.05, 3.63) is 46.6 Å². The van der Waals surface area contributed by atoms with Crippen LogP contribution < -0.4 is 14.9 Å². The Morgan fingerprint density at radius 2 is 1.34 bits per heavy atom. The number of benzene rings is 2. The topological polar surface area (TPSA) is 334 Å². The number of hydrogen-bond donors (Lipinski definition) is 11. The molecule has 3 saturated heterocycles. The molecular formula is C38H48O21. The molecule has 1 aromatic heterocycles. The van der Waals surface area contributed by atoms with Gasteiger partial charge >= 0.3 is 5.97 Å². The molecule has 3 aliphatic rings. The Morgan fingerprint density at radius 3 is 1.93 bits per heavy atom. The normalized spacial score (nSPS) is 35.6. The summed E-state index contributed by atoms with van der Waals surface area (Å²) in [5, 5.41) is 114. The Morgan fingerprint density at radius 1 is 0.746 bits per heavy atom. The highest BCUT2D eigenvalue weighted by atomic mass is 16.7. The summed E-state index contributed by atoms with van der Waals surface area (Å²) < 4.78 is 46.4. The van der Waals surface area contributed by atoms with E-state index in [9.17, 15) is 65.8 Å². The Labute approximate surface area is 334 Å². The fraction of sp³-hybridized carbons (Fsp3) is 0.579. The van der Waals surface area contributed by atoms with E-state index in [1.54, 1.807) is 13.8 Å². The van der Waals surface area contributed by atoms with Gasteiger partial charge in [-0.1, -0.05) is 13.8 Å². The number of hydrogen-bond acceptors (Lipinski definition) is 21. The third kappa shape index (κ3) is 8.84. The average Bonchev–Trinajstić information content (AvgIpc) is 3.21. The van der Waals surface area contributed by atoms with Gasteiger partial charge in [0.1, 0.15) is 89.3 Å². The first kappa shape index (κ1) is 44.4. The van der Waals surface area contributed by atoms with E-state index >= 15 is 0 Å². The van der Waals surface area contributed by atoms with Crippen LogP contribution in [0.15, 0.2) is 45.6 Å². The van der Waals surface area contributed by atoms with Crippen molar-refractivity contribution in [1.82, 2.24) is 0 Å². The molecule has 3 fully saturated rings. The lowest BCUT2D eigenvalue weighted by atomic mass is 9.97. The van der Waals surface area contributed by atoms with Crippen LogP contribution in [-0.2, 0) is 28.5 Å². The first-order valence-electron chi connectivity index (χ1n) is 18.8. The van der Waals surface area contributed by atoms with Gasteiger partial charge < -0.3 is 93.7 Å². The van der Waals surface area contributed by atoms with Crippen molar-refractivity contribution in [2.45, 2.75) is 119 Å². The number of rotatable bonds is 12. The molecular weight excluding hydrogens is 792 g/mol. The second kappa shape index (κ2) is 18.2. The molecule has 6 rings (SSSR count). The second-order valence-corrected chi connectivity index (χ2v) is 14.6. The number of fused-ring (bicyclic) bond motifs is 1. The van der Waals surface area contributed by atoms with E-state index in [-0.39, 0.29) is 28.4 Å². The number of phenolic OH excluding ortho intramolecular Hbond substituents is 2. The zero-order valence-corrected chi connectivity index (χ0v) is 31.8. The number of aliphatic hydroxyl groups excluding tert-OH is 9. The average molecular weight is 841 g/mol. The minimum absolute atomic E-state index is 0.121. The van der Waals surface area contributed by atoms with E-state index in [0.29, 0.717) is 6.42 Å². The van der Waals surface area contributed by atoms with Crippen molar-refractivity contribution < 1.29 is 98.5 Å². The summed E-state index contributed by atoms with van der Waals surface area (Å²) in [4.78, 5) is 27.3. The zero-order valence-electron chi connectivity index (χ0n) is 31.8. The molecule has 0 amide bonds. The van der Waals surface area contributed by atoms with Crippen LogP contribution in [0.3, 0.4) is 0 Å². The predicted octanol–water partition coefficient (Wildman–Crippen LogP) is -2.32. The van der Waals surface area contributed by atoms with Crippen LogP contribution in [0.2, 0.25) is 0 Å².